The molecule has 1 atom stereocenters. The van der Waals surface area contributed by atoms with E-state index < -0.39 is 0 Å². The molecule has 0 aliphatic carbocycles. The molecule has 1 aromatic heterocycles. The predicted molar refractivity (Wildman–Crippen MR) is 75.4 cm³/mol. The second kappa shape index (κ2) is 6.42. The van der Waals surface area contributed by atoms with Crippen molar-refractivity contribution >= 4 is 11.4 Å². The van der Waals surface area contributed by atoms with Crippen molar-refractivity contribution < 1.29 is 0 Å². The molecule has 5 heteroatoms. The predicted octanol–water partition coefficient (Wildman–Crippen LogP) is 1.93. The summed E-state index contributed by atoms with van der Waals surface area (Å²) in [5, 5.41) is 4.23. The largest absolute Gasteiger partial charge is 0.395 e. The summed E-state index contributed by atoms with van der Waals surface area (Å²) in [7, 11) is 0. The fourth-order valence-electron chi connectivity index (χ4n) is 2.02. The number of nitrogen functional groups attached to an aromatic ring is 2. The molecular weight excluding hydrogens is 228 g/mol. The van der Waals surface area contributed by atoms with Gasteiger partial charge in [0, 0.05) is 6.54 Å². The lowest BCUT2D eigenvalue weighted by Crippen LogP contribution is -2.30. The van der Waals surface area contributed by atoms with Crippen LogP contribution in [0.4, 0.5) is 11.4 Å². The van der Waals surface area contributed by atoms with E-state index >= 15 is 0 Å². The van der Waals surface area contributed by atoms with E-state index in [1.54, 1.807) is 6.92 Å². The van der Waals surface area contributed by atoms with Crippen LogP contribution in [-0.4, -0.2) is 9.78 Å². The van der Waals surface area contributed by atoms with Crippen molar-refractivity contribution in [2.45, 2.75) is 53.0 Å². The monoisotopic (exact) mass is 252 g/mol. The number of hydrogen-bond donors (Lipinski definition) is 2. The van der Waals surface area contributed by atoms with Crippen molar-refractivity contribution in [2.75, 3.05) is 11.5 Å². The Labute approximate surface area is 108 Å². The van der Waals surface area contributed by atoms with E-state index in [0.29, 0.717) is 23.8 Å². The van der Waals surface area contributed by atoms with E-state index in [-0.39, 0.29) is 11.2 Å². The lowest BCUT2D eigenvalue weighted by molar-refractivity contribution is 0.362. The Morgan fingerprint density at radius 3 is 2.50 bits per heavy atom. The van der Waals surface area contributed by atoms with Crippen LogP contribution in [0.2, 0.25) is 0 Å². The maximum atomic E-state index is 12.0. The number of rotatable bonds is 6. The average molecular weight is 252 g/mol. The number of hydrogen-bond acceptors (Lipinski definition) is 4. The van der Waals surface area contributed by atoms with E-state index in [2.05, 4.69) is 18.9 Å². The van der Waals surface area contributed by atoms with Crippen LogP contribution in [-0.2, 0) is 6.54 Å². The van der Waals surface area contributed by atoms with Gasteiger partial charge in [-0.15, -0.1) is 0 Å². The van der Waals surface area contributed by atoms with Crippen LogP contribution in [0, 0.1) is 12.8 Å². The highest BCUT2D eigenvalue weighted by atomic mass is 16.1. The van der Waals surface area contributed by atoms with Crippen molar-refractivity contribution in [2.24, 2.45) is 5.92 Å². The lowest BCUT2D eigenvalue weighted by Gasteiger charge is -2.16. The van der Waals surface area contributed by atoms with Crippen molar-refractivity contribution in [3.63, 3.8) is 0 Å². The third kappa shape index (κ3) is 3.24. The van der Waals surface area contributed by atoms with Crippen LogP contribution < -0.4 is 17.0 Å². The minimum atomic E-state index is -0.270. The molecule has 4 N–H and O–H groups in total. The van der Waals surface area contributed by atoms with Crippen molar-refractivity contribution in [3.8, 4) is 0 Å². The van der Waals surface area contributed by atoms with Crippen LogP contribution in [0.3, 0.4) is 0 Å². The molecule has 0 saturated heterocycles. The van der Waals surface area contributed by atoms with Gasteiger partial charge in [0.05, 0.1) is 11.4 Å². The Bertz CT molecular complexity index is 453. The van der Waals surface area contributed by atoms with Crippen molar-refractivity contribution in [1.82, 2.24) is 9.78 Å². The molecule has 102 valence electrons. The first-order valence-corrected chi connectivity index (χ1v) is 6.63. The number of aromatic nitrogens is 2. The number of nitrogens with zero attached hydrogens (tertiary/aromatic N) is 2. The highest BCUT2D eigenvalue weighted by Crippen LogP contribution is 2.16. The number of nitrogens with two attached hydrogens (primary N) is 2. The molecular formula is C13H24N4O. The highest BCUT2D eigenvalue weighted by Gasteiger charge is 2.13. The number of aryl methyl sites for hydroxylation is 1. The fraction of sp³-hybridized carbons (Fsp3) is 0.692. The molecule has 0 aromatic carbocycles. The van der Waals surface area contributed by atoms with Crippen LogP contribution in [0.1, 0.15) is 45.2 Å². The van der Waals surface area contributed by atoms with Crippen molar-refractivity contribution in [3.05, 3.63) is 16.0 Å². The van der Waals surface area contributed by atoms with E-state index in [0.717, 1.165) is 12.8 Å². The minimum absolute atomic E-state index is 0.118. The molecule has 0 bridgehead atoms. The van der Waals surface area contributed by atoms with E-state index in [1.165, 1.54) is 17.5 Å². The van der Waals surface area contributed by atoms with E-state index in [9.17, 15) is 4.79 Å². The van der Waals surface area contributed by atoms with Gasteiger partial charge < -0.3 is 11.5 Å². The van der Waals surface area contributed by atoms with Gasteiger partial charge in [0.2, 0.25) is 0 Å². The van der Waals surface area contributed by atoms with Crippen LogP contribution in [0.5, 0.6) is 0 Å². The standard InChI is InChI=1S/C13H24N4O/c1-4-6-7-10(5-2)8-17-13(18)12(15)11(14)9(3)16-17/h10H,4-8,14-15H2,1-3H3. The Kier molecular flexibility index (Phi) is 5.19. The summed E-state index contributed by atoms with van der Waals surface area (Å²) >= 11 is 0. The zero-order valence-electron chi connectivity index (χ0n) is 11.6. The average Bonchev–Trinajstić information content (AvgIpc) is 2.37. The lowest BCUT2D eigenvalue weighted by atomic mass is 9.99. The number of unbranched alkanes of at least 4 members (excludes halogenated alkanes) is 1. The van der Waals surface area contributed by atoms with Gasteiger partial charge in [-0.05, 0) is 19.3 Å². The van der Waals surface area contributed by atoms with Gasteiger partial charge in [-0.25, -0.2) is 4.68 Å². The van der Waals surface area contributed by atoms with E-state index in [4.69, 9.17) is 11.5 Å². The molecule has 18 heavy (non-hydrogen) atoms. The Hall–Kier alpha value is -1.52. The first-order valence-electron chi connectivity index (χ1n) is 6.63. The molecule has 0 aliphatic heterocycles. The van der Waals surface area contributed by atoms with Gasteiger partial charge in [-0.3, -0.25) is 4.79 Å². The fourth-order valence-corrected chi connectivity index (χ4v) is 2.02. The van der Waals surface area contributed by atoms with Gasteiger partial charge in [0.25, 0.3) is 5.56 Å². The number of anilines is 2. The molecule has 0 fully saturated rings. The smallest absolute Gasteiger partial charge is 0.292 e. The van der Waals surface area contributed by atoms with Gasteiger partial charge in [0.1, 0.15) is 5.69 Å². The second-order valence-electron chi connectivity index (χ2n) is 4.82. The summed E-state index contributed by atoms with van der Waals surface area (Å²) in [5.41, 5.74) is 12.2. The Balaban J connectivity index is 2.93. The molecule has 0 radical (unpaired) electrons. The third-order valence-electron chi connectivity index (χ3n) is 3.39. The summed E-state index contributed by atoms with van der Waals surface area (Å²) in [5.74, 6) is 0.470. The molecule has 0 spiro atoms. The second-order valence-corrected chi connectivity index (χ2v) is 4.82. The quantitative estimate of drug-likeness (QED) is 0.810. The minimum Gasteiger partial charge on any atom is -0.395 e. The van der Waals surface area contributed by atoms with Gasteiger partial charge in [0.15, 0.2) is 0 Å². The summed E-state index contributed by atoms with van der Waals surface area (Å²) in [4.78, 5) is 12.0. The first-order chi connectivity index (χ1) is 8.51. The molecule has 5 nitrogen and oxygen atoms in total. The molecule has 0 aliphatic rings. The molecule has 1 rings (SSSR count). The highest BCUT2D eigenvalue weighted by molar-refractivity contribution is 5.63. The van der Waals surface area contributed by atoms with Gasteiger partial charge in [-0.2, -0.15) is 5.10 Å². The zero-order valence-corrected chi connectivity index (χ0v) is 11.6. The molecule has 1 heterocycles. The summed E-state index contributed by atoms with van der Waals surface area (Å²) < 4.78 is 1.46. The Morgan fingerprint density at radius 2 is 1.94 bits per heavy atom. The molecule has 0 amide bonds. The maximum absolute atomic E-state index is 12.0. The van der Waals surface area contributed by atoms with Crippen LogP contribution in [0.25, 0.3) is 0 Å². The first kappa shape index (κ1) is 14.5. The molecule has 1 aromatic rings. The van der Waals surface area contributed by atoms with Crippen LogP contribution >= 0.6 is 0 Å². The summed E-state index contributed by atoms with van der Waals surface area (Å²) in [6, 6.07) is 0. The third-order valence-corrected chi connectivity index (χ3v) is 3.39. The Morgan fingerprint density at radius 1 is 1.28 bits per heavy atom. The summed E-state index contributed by atoms with van der Waals surface area (Å²) in [6.07, 6.45) is 4.50. The van der Waals surface area contributed by atoms with Crippen molar-refractivity contribution in [1.29, 1.82) is 0 Å². The molecule has 1 unspecified atom stereocenters. The maximum Gasteiger partial charge on any atom is 0.292 e. The summed E-state index contributed by atoms with van der Waals surface area (Å²) in [6.45, 7) is 6.71. The van der Waals surface area contributed by atoms with Crippen LogP contribution in [0.15, 0.2) is 4.79 Å². The zero-order chi connectivity index (χ0) is 13.7. The van der Waals surface area contributed by atoms with Gasteiger partial charge in [-0.1, -0.05) is 33.1 Å². The van der Waals surface area contributed by atoms with E-state index in [1.807, 2.05) is 0 Å². The SMILES string of the molecule is CCCCC(CC)Cn1nc(C)c(N)c(N)c1=O. The normalized spacial score (nSPS) is 12.6. The topological polar surface area (TPSA) is 86.9 Å². The van der Waals surface area contributed by atoms with Gasteiger partial charge >= 0.3 is 0 Å². The molecule has 0 saturated carbocycles.